The van der Waals surface area contributed by atoms with Crippen LogP contribution in [0.3, 0.4) is 0 Å². The predicted octanol–water partition coefficient (Wildman–Crippen LogP) is 3.17. The first-order valence-electron chi connectivity index (χ1n) is 6.28. The molecule has 1 aromatic carbocycles. The van der Waals surface area contributed by atoms with Crippen molar-refractivity contribution in [3.8, 4) is 0 Å². The molecule has 0 radical (unpaired) electrons. The van der Waals surface area contributed by atoms with Crippen LogP contribution in [0.25, 0.3) is 0 Å². The van der Waals surface area contributed by atoms with Crippen molar-refractivity contribution in [3.63, 3.8) is 0 Å². The van der Waals surface area contributed by atoms with Crippen molar-refractivity contribution in [1.82, 2.24) is 0 Å². The van der Waals surface area contributed by atoms with Gasteiger partial charge >= 0.3 is 0 Å². The number of hydrogen-bond acceptors (Lipinski definition) is 4. The van der Waals surface area contributed by atoms with Crippen molar-refractivity contribution < 1.29 is 4.79 Å². The maximum Gasteiger partial charge on any atom is 0.161 e. The summed E-state index contributed by atoms with van der Waals surface area (Å²) in [6, 6.07) is 5.57. The van der Waals surface area contributed by atoms with E-state index in [1.54, 1.807) is 6.07 Å². The molecule has 0 saturated carbocycles. The Morgan fingerprint density at radius 2 is 2.33 bits per heavy atom. The first-order valence-corrected chi connectivity index (χ1v) is 7.27. The van der Waals surface area contributed by atoms with Crippen molar-refractivity contribution in [3.05, 3.63) is 23.8 Å². The fourth-order valence-corrected chi connectivity index (χ4v) is 3.50. The van der Waals surface area contributed by atoms with E-state index in [0.717, 1.165) is 12.2 Å². The van der Waals surface area contributed by atoms with Crippen LogP contribution in [0.4, 0.5) is 11.4 Å². The number of nitrogens with two attached hydrogens (primary N) is 1. The molecule has 1 aliphatic heterocycles. The highest BCUT2D eigenvalue weighted by molar-refractivity contribution is 8.00. The Kier molecular flexibility index (Phi) is 3.85. The van der Waals surface area contributed by atoms with Gasteiger partial charge in [-0.1, -0.05) is 0 Å². The zero-order valence-corrected chi connectivity index (χ0v) is 11.8. The normalized spacial score (nSPS) is 23.0. The molecule has 2 rings (SSSR count). The lowest BCUT2D eigenvalue weighted by Gasteiger charge is -2.23. The molecule has 0 bridgehead atoms. The summed E-state index contributed by atoms with van der Waals surface area (Å²) in [6.07, 6.45) is 2.56. The highest BCUT2D eigenvalue weighted by atomic mass is 32.2. The highest BCUT2D eigenvalue weighted by Gasteiger charge is 2.28. The van der Waals surface area contributed by atoms with E-state index in [2.05, 4.69) is 12.2 Å². The van der Waals surface area contributed by atoms with Crippen molar-refractivity contribution in [2.75, 3.05) is 23.3 Å². The lowest BCUT2D eigenvalue weighted by Crippen LogP contribution is -2.27. The topological polar surface area (TPSA) is 55.1 Å². The number of Topliss-reactive ketones (excluding diaryl/α,β-unsaturated/α-hetero) is 1. The fraction of sp³-hybridized carbons (Fsp3) is 0.500. The number of nitrogens with one attached hydrogen (secondary N) is 1. The molecule has 1 heterocycles. The number of anilines is 2. The number of hydrogen-bond donors (Lipinski definition) is 2. The second kappa shape index (κ2) is 5.22. The Morgan fingerprint density at radius 3 is 2.89 bits per heavy atom. The molecule has 98 valence electrons. The number of ketones is 1. The molecule has 0 spiro atoms. The Morgan fingerprint density at radius 1 is 1.56 bits per heavy atom. The SMILES string of the molecule is CC(=O)c1ccc(NCC2(C)CCCS2)cc1N. The Labute approximate surface area is 113 Å². The van der Waals surface area contributed by atoms with Crippen LogP contribution in [0.15, 0.2) is 18.2 Å². The summed E-state index contributed by atoms with van der Waals surface area (Å²) in [6.45, 7) is 4.77. The van der Waals surface area contributed by atoms with Gasteiger partial charge in [-0.25, -0.2) is 0 Å². The van der Waals surface area contributed by atoms with Gasteiger partial charge < -0.3 is 11.1 Å². The number of nitrogen functional groups attached to an aromatic ring is 1. The van der Waals surface area contributed by atoms with Crippen LogP contribution >= 0.6 is 11.8 Å². The van der Waals surface area contributed by atoms with Crippen LogP contribution in [0.2, 0.25) is 0 Å². The third-order valence-corrected chi connectivity index (χ3v) is 4.94. The zero-order valence-electron chi connectivity index (χ0n) is 11.0. The molecule has 0 amide bonds. The van der Waals surface area contributed by atoms with Gasteiger partial charge in [-0.2, -0.15) is 11.8 Å². The molecule has 1 unspecified atom stereocenters. The maximum absolute atomic E-state index is 11.3. The lowest BCUT2D eigenvalue weighted by molar-refractivity contribution is 0.101. The van der Waals surface area contributed by atoms with Gasteiger partial charge in [0.2, 0.25) is 0 Å². The van der Waals surface area contributed by atoms with E-state index >= 15 is 0 Å². The van der Waals surface area contributed by atoms with Gasteiger partial charge in [-0.05, 0) is 50.6 Å². The maximum atomic E-state index is 11.3. The Bertz CT molecular complexity index is 453. The molecule has 1 atom stereocenters. The van der Waals surface area contributed by atoms with E-state index < -0.39 is 0 Å². The molecule has 1 aromatic rings. The molecule has 1 fully saturated rings. The minimum Gasteiger partial charge on any atom is -0.398 e. The number of rotatable bonds is 4. The van der Waals surface area contributed by atoms with Crippen LogP contribution in [0.5, 0.6) is 0 Å². The van der Waals surface area contributed by atoms with Gasteiger partial charge in [0.15, 0.2) is 5.78 Å². The summed E-state index contributed by atoms with van der Waals surface area (Å²) in [5.74, 6) is 1.27. The third-order valence-electron chi connectivity index (χ3n) is 3.40. The summed E-state index contributed by atoms with van der Waals surface area (Å²) in [5.41, 5.74) is 8.02. The summed E-state index contributed by atoms with van der Waals surface area (Å²) in [4.78, 5) is 11.3. The molecular weight excluding hydrogens is 244 g/mol. The first kappa shape index (κ1) is 13.3. The van der Waals surface area contributed by atoms with Crippen molar-refractivity contribution >= 4 is 28.9 Å². The van der Waals surface area contributed by atoms with Crippen LogP contribution < -0.4 is 11.1 Å². The van der Waals surface area contributed by atoms with Crippen LogP contribution in [0.1, 0.15) is 37.0 Å². The number of thioether (sulfide) groups is 1. The summed E-state index contributed by atoms with van der Waals surface area (Å²) >= 11 is 2.03. The zero-order chi connectivity index (χ0) is 13.2. The average molecular weight is 264 g/mol. The second-order valence-electron chi connectivity index (χ2n) is 5.11. The molecule has 3 nitrogen and oxygen atoms in total. The van der Waals surface area contributed by atoms with Gasteiger partial charge in [0, 0.05) is 28.2 Å². The molecule has 0 aliphatic carbocycles. The third kappa shape index (κ3) is 2.99. The fourth-order valence-electron chi connectivity index (χ4n) is 2.26. The molecule has 18 heavy (non-hydrogen) atoms. The van der Waals surface area contributed by atoms with Crippen LogP contribution in [-0.4, -0.2) is 22.8 Å². The Balaban J connectivity index is 2.02. The van der Waals surface area contributed by atoms with E-state index in [1.807, 2.05) is 23.9 Å². The van der Waals surface area contributed by atoms with Crippen LogP contribution in [0, 0.1) is 0 Å². The monoisotopic (exact) mass is 264 g/mol. The minimum absolute atomic E-state index is 0.0114. The summed E-state index contributed by atoms with van der Waals surface area (Å²) < 4.78 is 0.327. The molecule has 4 heteroatoms. The largest absolute Gasteiger partial charge is 0.398 e. The van der Waals surface area contributed by atoms with Gasteiger partial charge in [0.25, 0.3) is 0 Å². The second-order valence-corrected chi connectivity index (χ2v) is 6.80. The molecule has 1 saturated heterocycles. The van der Waals surface area contributed by atoms with Gasteiger partial charge in [0.1, 0.15) is 0 Å². The predicted molar refractivity (Wildman–Crippen MR) is 79.4 cm³/mol. The minimum atomic E-state index is 0.0114. The standard InChI is InChI=1S/C14H20N2OS/c1-10(17)12-5-4-11(8-13(12)15)16-9-14(2)6-3-7-18-14/h4-5,8,16H,3,6-7,9,15H2,1-2H3. The van der Waals surface area contributed by atoms with Crippen LogP contribution in [-0.2, 0) is 0 Å². The van der Waals surface area contributed by atoms with E-state index in [4.69, 9.17) is 5.73 Å². The van der Waals surface area contributed by atoms with Gasteiger partial charge in [0.05, 0.1) is 0 Å². The number of carbonyl (C=O) groups excluding carboxylic acids is 1. The van der Waals surface area contributed by atoms with E-state index in [1.165, 1.54) is 25.5 Å². The average Bonchev–Trinajstić information content (AvgIpc) is 2.74. The van der Waals surface area contributed by atoms with Crippen molar-refractivity contribution in [2.45, 2.75) is 31.4 Å². The summed E-state index contributed by atoms with van der Waals surface area (Å²) in [7, 11) is 0. The lowest BCUT2D eigenvalue weighted by atomic mass is 10.1. The van der Waals surface area contributed by atoms with Crippen molar-refractivity contribution in [1.29, 1.82) is 0 Å². The van der Waals surface area contributed by atoms with Gasteiger partial charge in [-0.3, -0.25) is 4.79 Å². The van der Waals surface area contributed by atoms with E-state index in [0.29, 0.717) is 16.0 Å². The molecule has 1 aliphatic rings. The molecular formula is C14H20N2OS. The highest BCUT2D eigenvalue weighted by Crippen LogP contribution is 2.37. The number of benzene rings is 1. The van der Waals surface area contributed by atoms with Crippen molar-refractivity contribution in [2.24, 2.45) is 0 Å². The smallest absolute Gasteiger partial charge is 0.161 e. The summed E-state index contributed by atoms with van der Waals surface area (Å²) in [5, 5.41) is 3.42. The first-order chi connectivity index (χ1) is 8.50. The number of carbonyl (C=O) groups is 1. The molecule has 3 N–H and O–H groups in total. The van der Waals surface area contributed by atoms with Gasteiger partial charge in [-0.15, -0.1) is 0 Å². The molecule has 0 aromatic heterocycles. The van der Waals surface area contributed by atoms with E-state index in [-0.39, 0.29) is 5.78 Å². The quantitative estimate of drug-likeness (QED) is 0.648. The Hall–Kier alpha value is -1.16. The van der Waals surface area contributed by atoms with E-state index in [9.17, 15) is 4.79 Å².